The Morgan fingerprint density at radius 3 is 1.96 bits per heavy atom. The molecular formula is C42H66O7Si2. The molecule has 7 nitrogen and oxygen atoms in total. The maximum absolute atomic E-state index is 7.26. The van der Waals surface area contributed by atoms with Crippen LogP contribution >= 0.6 is 0 Å². The first kappa shape index (κ1) is 41.5. The molecule has 0 bridgehead atoms. The molecule has 4 atom stereocenters. The first-order valence-corrected chi connectivity index (χ1v) is 23.7. The highest BCUT2D eigenvalue weighted by molar-refractivity contribution is 6.74. The topological polar surface area (TPSA) is 68.5 Å². The van der Waals surface area contributed by atoms with Crippen molar-refractivity contribution >= 4 is 16.9 Å². The maximum Gasteiger partial charge on any atom is 0.343 e. The van der Waals surface area contributed by atoms with E-state index in [9.17, 15) is 0 Å². The Morgan fingerprint density at radius 1 is 0.765 bits per heavy atom. The lowest BCUT2D eigenvalue weighted by Crippen LogP contribution is -2.61. The molecular weight excluding hydrogens is 673 g/mol. The summed E-state index contributed by atoms with van der Waals surface area (Å²) in [5, 5.41) is 0.134. The van der Waals surface area contributed by atoms with E-state index >= 15 is 0 Å². The third kappa shape index (κ3) is 10.5. The number of ether oxygens (including phenoxy) is 3. The van der Waals surface area contributed by atoms with Crippen LogP contribution in [0.3, 0.4) is 0 Å². The van der Waals surface area contributed by atoms with Crippen molar-refractivity contribution in [2.24, 2.45) is 0 Å². The van der Waals surface area contributed by atoms with E-state index in [-0.39, 0.29) is 40.5 Å². The number of hydrogen-bond acceptors (Lipinski definition) is 7. The highest BCUT2D eigenvalue weighted by Crippen LogP contribution is 2.47. The Kier molecular flexibility index (Phi) is 14.1. The van der Waals surface area contributed by atoms with Crippen LogP contribution in [0.15, 0.2) is 71.1 Å². The van der Waals surface area contributed by atoms with Gasteiger partial charge in [0.1, 0.15) is 17.3 Å². The predicted octanol–water partition coefficient (Wildman–Crippen LogP) is 11.1. The van der Waals surface area contributed by atoms with Crippen LogP contribution in [0.5, 0.6) is 5.75 Å². The first-order valence-electron chi connectivity index (χ1n) is 18.9. The fourth-order valence-corrected chi connectivity index (χ4v) is 11.5. The van der Waals surface area contributed by atoms with E-state index < -0.39 is 22.3 Å². The monoisotopic (exact) mass is 738 g/mol. The van der Waals surface area contributed by atoms with Crippen molar-refractivity contribution in [2.45, 2.75) is 161 Å². The molecule has 0 N–H and O–H groups in total. The minimum Gasteiger partial charge on any atom is -0.497 e. The molecule has 3 aromatic rings. The largest absolute Gasteiger partial charge is 0.497 e. The molecule has 0 unspecified atom stereocenters. The number of benzene rings is 2. The average molecular weight is 739 g/mol. The van der Waals surface area contributed by atoms with Crippen LogP contribution in [0.2, 0.25) is 29.2 Å². The molecule has 0 spiro atoms. The van der Waals surface area contributed by atoms with Crippen molar-refractivity contribution in [3.05, 3.63) is 89.4 Å². The molecule has 0 amide bonds. The van der Waals surface area contributed by atoms with Gasteiger partial charge in [0.2, 0.25) is 0 Å². The zero-order valence-corrected chi connectivity index (χ0v) is 35.7. The minimum absolute atomic E-state index is 0.0699. The summed E-state index contributed by atoms with van der Waals surface area (Å²) in [5.41, 5.74) is 2.35. The number of furan rings is 1. The molecule has 1 fully saturated rings. The molecule has 0 saturated carbocycles. The van der Waals surface area contributed by atoms with Gasteiger partial charge in [0.15, 0.2) is 8.32 Å². The van der Waals surface area contributed by atoms with Gasteiger partial charge in [-0.15, -0.1) is 0 Å². The van der Waals surface area contributed by atoms with Crippen LogP contribution in [0.25, 0.3) is 0 Å². The molecule has 51 heavy (non-hydrogen) atoms. The van der Waals surface area contributed by atoms with Gasteiger partial charge in [-0.3, -0.25) is 0 Å². The van der Waals surface area contributed by atoms with Crippen LogP contribution in [-0.2, 0) is 48.0 Å². The van der Waals surface area contributed by atoms with E-state index in [0.717, 1.165) is 34.8 Å². The molecule has 284 valence electrons. The highest BCUT2D eigenvalue weighted by Gasteiger charge is 2.55. The second-order valence-corrected chi connectivity index (χ2v) is 26.1. The van der Waals surface area contributed by atoms with Gasteiger partial charge in [0, 0.05) is 11.8 Å². The van der Waals surface area contributed by atoms with Gasteiger partial charge < -0.3 is 31.9 Å². The normalized spacial score (nSPS) is 19.7. The molecule has 4 rings (SSSR count). The number of rotatable bonds is 17. The summed E-state index contributed by atoms with van der Waals surface area (Å²) in [6.45, 7) is 28.5. The number of methoxy groups -OCH3 is 1. The maximum atomic E-state index is 7.26. The summed E-state index contributed by atoms with van der Waals surface area (Å²) in [5.74, 6) is 2.61. The van der Waals surface area contributed by atoms with Crippen LogP contribution in [0.4, 0.5) is 0 Å². The molecule has 2 heterocycles. The van der Waals surface area contributed by atoms with E-state index in [2.05, 4.69) is 119 Å². The van der Waals surface area contributed by atoms with Gasteiger partial charge >= 0.3 is 8.56 Å². The summed E-state index contributed by atoms with van der Waals surface area (Å²) in [6.07, 6.45) is 0.890. The molecule has 9 heteroatoms. The summed E-state index contributed by atoms with van der Waals surface area (Å²) in [7, 11) is -2.94. The van der Waals surface area contributed by atoms with E-state index in [0.29, 0.717) is 26.2 Å². The lowest BCUT2D eigenvalue weighted by atomic mass is 9.80. The molecule has 1 aliphatic heterocycles. The zero-order chi connectivity index (χ0) is 37.6. The molecule has 2 aromatic carbocycles. The van der Waals surface area contributed by atoms with Crippen LogP contribution in [0.1, 0.15) is 105 Å². The van der Waals surface area contributed by atoms with Gasteiger partial charge in [0.05, 0.1) is 51.3 Å². The Morgan fingerprint density at radius 2 is 1.37 bits per heavy atom. The van der Waals surface area contributed by atoms with Crippen molar-refractivity contribution < 1.29 is 31.9 Å². The average Bonchev–Trinajstić information content (AvgIpc) is 3.58. The first-order chi connectivity index (χ1) is 23.9. The molecule has 0 radical (unpaired) electrons. The van der Waals surface area contributed by atoms with E-state index in [4.69, 9.17) is 31.9 Å². The quantitative estimate of drug-likeness (QED) is 0.128. The van der Waals surface area contributed by atoms with E-state index in [1.165, 1.54) is 0 Å². The fourth-order valence-electron chi connectivity index (χ4n) is 6.56. The summed E-state index contributed by atoms with van der Waals surface area (Å²) in [6, 6.07) is 22.6. The Balaban J connectivity index is 1.58. The SMILES string of the molecule is COc1ccc(CO[C@@H](C[C@@H]2C[C@@H](C(C)(C)c3ccc(CO[Si](C)(C)C(C)(C)C)o3)O[Si](C(C)C)(C(C)C)O2)[C@H](C)OCc2ccccc2)cc1. The smallest absolute Gasteiger partial charge is 0.343 e. The van der Waals surface area contributed by atoms with E-state index in [1.54, 1.807) is 7.11 Å². The molecule has 1 saturated heterocycles. The summed E-state index contributed by atoms with van der Waals surface area (Å²) < 4.78 is 46.2. The van der Waals surface area contributed by atoms with Gasteiger partial charge in [-0.2, -0.15) is 0 Å². The molecule has 0 aliphatic carbocycles. The highest BCUT2D eigenvalue weighted by atomic mass is 28.4. The summed E-state index contributed by atoms with van der Waals surface area (Å²) in [4.78, 5) is 0. The fraction of sp³-hybridized carbons (Fsp3) is 0.619. The Labute approximate surface area is 311 Å². The van der Waals surface area contributed by atoms with Gasteiger partial charge in [-0.05, 0) is 78.0 Å². The van der Waals surface area contributed by atoms with Crippen molar-refractivity contribution in [1.29, 1.82) is 0 Å². The third-order valence-electron chi connectivity index (χ3n) is 11.2. The van der Waals surface area contributed by atoms with Crippen molar-refractivity contribution in [3.8, 4) is 5.75 Å². The third-order valence-corrected chi connectivity index (χ3v) is 20.3. The van der Waals surface area contributed by atoms with Crippen LogP contribution in [0, 0.1) is 0 Å². The molecule has 1 aromatic heterocycles. The standard InChI is InChI=1S/C42H66O7Si2/c1-30(2)51(31(3)4)48-37(26-40(49-51)42(9,10)39-24-23-36(47-39)29-46-50(12,13)41(6,7)8)25-38(32(5)44-27-33-17-15-14-16-18-33)45-28-34-19-21-35(43-11)22-20-34/h14-24,30-32,37-38,40H,25-29H2,1-13H3/t32-,37+,38-,40-/m0/s1. The predicted molar refractivity (Wildman–Crippen MR) is 211 cm³/mol. The summed E-state index contributed by atoms with van der Waals surface area (Å²) >= 11 is 0. The van der Waals surface area contributed by atoms with Crippen molar-refractivity contribution in [1.82, 2.24) is 0 Å². The minimum atomic E-state index is -2.70. The van der Waals surface area contributed by atoms with Gasteiger partial charge in [-0.25, -0.2) is 0 Å². The second-order valence-electron chi connectivity index (χ2n) is 17.1. The zero-order valence-electron chi connectivity index (χ0n) is 33.7. The lowest BCUT2D eigenvalue weighted by Gasteiger charge is -2.51. The second kappa shape index (κ2) is 17.3. The van der Waals surface area contributed by atoms with Crippen LogP contribution in [-0.4, -0.2) is 48.4 Å². The Bertz CT molecular complexity index is 1470. The number of hydrogen-bond donors (Lipinski definition) is 0. The van der Waals surface area contributed by atoms with Crippen molar-refractivity contribution in [2.75, 3.05) is 7.11 Å². The van der Waals surface area contributed by atoms with E-state index in [1.807, 2.05) is 30.3 Å². The van der Waals surface area contributed by atoms with Gasteiger partial charge in [0.25, 0.3) is 0 Å². The van der Waals surface area contributed by atoms with Crippen molar-refractivity contribution in [3.63, 3.8) is 0 Å². The Hall–Kier alpha value is -2.25. The van der Waals surface area contributed by atoms with Gasteiger partial charge in [-0.1, -0.05) is 105 Å². The lowest BCUT2D eigenvalue weighted by molar-refractivity contribution is -0.110. The molecule has 1 aliphatic rings. The van der Waals surface area contributed by atoms with Crippen LogP contribution < -0.4 is 4.74 Å².